The van der Waals surface area contributed by atoms with Crippen LogP contribution in [0.5, 0.6) is 0 Å². The molecule has 0 radical (unpaired) electrons. The van der Waals surface area contributed by atoms with Gasteiger partial charge in [0.25, 0.3) is 11.8 Å². The van der Waals surface area contributed by atoms with Crippen LogP contribution in [-0.4, -0.2) is 24.4 Å². The standard InChI is InChI=1S/C28H25N3O4/c1-18-4-11-24(12-5-18)30-26(32)17-35-28(34)22-9-7-21(8-10-22)15-23(16-29)27(33)31-25-13-6-19(2)14-20(25)3/h4-15H,17H2,1-3H3,(H,30,32)(H,31,33)/b23-15-. The summed E-state index contributed by atoms with van der Waals surface area (Å²) >= 11 is 0. The molecule has 7 heteroatoms. The van der Waals surface area contributed by atoms with Crippen LogP contribution < -0.4 is 10.6 Å². The fraction of sp³-hybridized carbons (Fsp3) is 0.143. The van der Waals surface area contributed by atoms with E-state index in [-0.39, 0.29) is 11.1 Å². The van der Waals surface area contributed by atoms with Gasteiger partial charge in [0.2, 0.25) is 0 Å². The van der Waals surface area contributed by atoms with E-state index >= 15 is 0 Å². The van der Waals surface area contributed by atoms with Crippen molar-refractivity contribution in [2.24, 2.45) is 0 Å². The maximum absolute atomic E-state index is 12.5. The Kier molecular flexibility index (Phi) is 8.15. The minimum Gasteiger partial charge on any atom is -0.452 e. The molecule has 0 spiro atoms. The third-order valence-electron chi connectivity index (χ3n) is 5.12. The summed E-state index contributed by atoms with van der Waals surface area (Å²) in [6.07, 6.45) is 1.43. The number of carbonyl (C=O) groups is 3. The molecule has 0 saturated heterocycles. The van der Waals surface area contributed by atoms with Crippen molar-refractivity contribution in [2.45, 2.75) is 20.8 Å². The number of nitrogens with one attached hydrogen (secondary N) is 2. The Hall–Kier alpha value is -4.70. The minimum atomic E-state index is -0.660. The molecule has 3 aromatic carbocycles. The number of anilines is 2. The number of rotatable bonds is 7. The Bertz CT molecular complexity index is 1320. The van der Waals surface area contributed by atoms with Gasteiger partial charge in [-0.25, -0.2) is 4.79 Å². The third kappa shape index (κ3) is 7.14. The van der Waals surface area contributed by atoms with Crippen LogP contribution in [0, 0.1) is 32.1 Å². The van der Waals surface area contributed by atoms with E-state index in [4.69, 9.17) is 4.74 Å². The van der Waals surface area contributed by atoms with Gasteiger partial charge in [0.15, 0.2) is 6.61 Å². The van der Waals surface area contributed by atoms with E-state index in [1.165, 1.54) is 18.2 Å². The molecule has 3 aromatic rings. The van der Waals surface area contributed by atoms with E-state index in [0.29, 0.717) is 16.9 Å². The average molecular weight is 468 g/mol. The molecule has 0 unspecified atom stereocenters. The molecule has 2 amide bonds. The predicted molar refractivity (Wildman–Crippen MR) is 135 cm³/mol. The maximum atomic E-state index is 12.5. The highest BCUT2D eigenvalue weighted by Crippen LogP contribution is 2.18. The van der Waals surface area contributed by atoms with Crippen LogP contribution in [0.3, 0.4) is 0 Å². The molecule has 0 atom stereocenters. The molecule has 0 bridgehead atoms. The zero-order chi connectivity index (χ0) is 25.4. The number of hydrogen-bond acceptors (Lipinski definition) is 5. The molecule has 0 aliphatic heterocycles. The lowest BCUT2D eigenvalue weighted by atomic mass is 10.1. The number of amides is 2. The summed E-state index contributed by atoms with van der Waals surface area (Å²) in [4.78, 5) is 36.8. The zero-order valence-electron chi connectivity index (χ0n) is 19.7. The molecule has 0 saturated carbocycles. The summed E-state index contributed by atoms with van der Waals surface area (Å²) in [5.41, 5.74) is 5.00. The molecular weight excluding hydrogens is 442 g/mol. The van der Waals surface area contributed by atoms with Crippen molar-refractivity contribution in [3.05, 3.63) is 100 Å². The number of ether oxygens (including phenoxy) is 1. The second-order valence-electron chi connectivity index (χ2n) is 8.05. The van der Waals surface area contributed by atoms with Crippen molar-refractivity contribution in [1.29, 1.82) is 5.26 Å². The first-order chi connectivity index (χ1) is 16.7. The number of aryl methyl sites for hydroxylation is 3. The maximum Gasteiger partial charge on any atom is 0.338 e. The summed E-state index contributed by atoms with van der Waals surface area (Å²) in [5, 5.41) is 14.8. The van der Waals surface area contributed by atoms with Crippen molar-refractivity contribution in [1.82, 2.24) is 0 Å². The molecule has 2 N–H and O–H groups in total. The molecule has 0 aliphatic rings. The lowest BCUT2D eigenvalue weighted by Gasteiger charge is -2.09. The summed E-state index contributed by atoms with van der Waals surface area (Å²) in [6, 6.07) is 21.0. The van der Waals surface area contributed by atoms with Crippen molar-refractivity contribution in [3.63, 3.8) is 0 Å². The quantitative estimate of drug-likeness (QED) is 0.290. The van der Waals surface area contributed by atoms with Crippen molar-refractivity contribution < 1.29 is 19.1 Å². The topological polar surface area (TPSA) is 108 Å². The highest BCUT2D eigenvalue weighted by Gasteiger charge is 2.13. The number of nitriles is 1. The second-order valence-corrected chi connectivity index (χ2v) is 8.05. The fourth-order valence-electron chi connectivity index (χ4n) is 3.22. The summed E-state index contributed by atoms with van der Waals surface area (Å²) in [5.74, 6) is -1.63. The Morgan fingerprint density at radius 2 is 1.54 bits per heavy atom. The zero-order valence-corrected chi connectivity index (χ0v) is 19.7. The van der Waals surface area contributed by atoms with Crippen LogP contribution in [-0.2, 0) is 14.3 Å². The Balaban J connectivity index is 1.58. The van der Waals surface area contributed by atoms with Gasteiger partial charge in [-0.2, -0.15) is 5.26 Å². The fourth-order valence-corrected chi connectivity index (χ4v) is 3.22. The smallest absolute Gasteiger partial charge is 0.338 e. The van der Waals surface area contributed by atoms with Crippen LogP contribution >= 0.6 is 0 Å². The molecule has 3 rings (SSSR count). The van der Waals surface area contributed by atoms with E-state index in [0.717, 1.165) is 16.7 Å². The number of benzene rings is 3. The van der Waals surface area contributed by atoms with Gasteiger partial charge in [0, 0.05) is 11.4 Å². The van der Waals surface area contributed by atoms with Crippen LogP contribution in [0.1, 0.15) is 32.6 Å². The minimum absolute atomic E-state index is 0.0759. The van der Waals surface area contributed by atoms with Crippen molar-refractivity contribution in [3.8, 4) is 6.07 Å². The van der Waals surface area contributed by atoms with Crippen LogP contribution in [0.25, 0.3) is 6.08 Å². The van der Waals surface area contributed by atoms with E-state index in [9.17, 15) is 19.6 Å². The molecule has 35 heavy (non-hydrogen) atoms. The van der Waals surface area contributed by atoms with Gasteiger partial charge < -0.3 is 15.4 Å². The molecular formula is C28H25N3O4. The number of carbonyl (C=O) groups excluding carboxylic acids is 3. The van der Waals surface area contributed by atoms with Crippen LogP contribution in [0.4, 0.5) is 11.4 Å². The van der Waals surface area contributed by atoms with Gasteiger partial charge in [0.1, 0.15) is 11.6 Å². The molecule has 176 valence electrons. The number of hydrogen-bond donors (Lipinski definition) is 2. The Morgan fingerprint density at radius 3 is 2.17 bits per heavy atom. The third-order valence-corrected chi connectivity index (χ3v) is 5.12. The van der Waals surface area contributed by atoms with E-state index in [2.05, 4.69) is 10.6 Å². The molecule has 0 heterocycles. The summed E-state index contributed by atoms with van der Waals surface area (Å²) in [7, 11) is 0. The Morgan fingerprint density at radius 1 is 0.886 bits per heavy atom. The highest BCUT2D eigenvalue weighted by atomic mass is 16.5. The van der Waals surface area contributed by atoms with Gasteiger partial charge in [0.05, 0.1) is 5.56 Å². The first-order valence-electron chi connectivity index (χ1n) is 10.9. The molecule has 7 nitrogen and oxygen atoms in total. The first kappa shape index (κ1) is 24.9. The normalized spacial score (nSPS) is 10.7. The van der Waals surface area contributed by atoms with Gasteiger partial charge in [-0.15, -0.1) is 0 Å². The SMILES string of the molecule is Cc1ccc(NC(=O)COC(=O)c2ccc(/C=C(/C#N)C(=O)Nc3ccc(C)cc3C)cc2)cc1. The summed E-state index contributed by atoms with van der Waals surface area (Å²) in [6.45, 7) is 5.35. The molecule has 0 aromatic heterocycles. The lowest BCUT2D eigenvalue weighted by molar-refractivity contribution is -0.119. The first-order valence-corrected chi connectivity index (χ1v) is 10.9. The van der Waals surface area contributed by atoms with Crippen LogP contribution in [0.2, 0.25) is 0 Å². The summed E-state index contributed by atoms with van der Waals surface area (Å²) < 4.78 is 5.07. The second kappa shape index (κ2) is 11.4. The Labute approximate surface area is 204 Å². The van der Waals surface area contributed by atoms with Gasteiger partial charge in [-0.05, 0) is 68.3 Å². The molecule has 0 fully saturated rings. The largest absolute Gasteiger partial charge is 0.452 e. The predicted octanol–water partition coefficient (Wildman–Crippen LogP) is 4.95. The average Bonchev–Trinajstić information content (AvgIpc) is 2.84. The van der Waals surface area contributed by atoms with E-state index < -0.39 is 24.4 Å². The van der Waals surface area contributed by atoms with E-state index in [1.807, 2.05) is 51.1 Å². The van der Waals surface area contributed by atoms with Crippen molar-refractivity contribution >= 4 is 35.2 Å². The van der Waals surface area contributed by atoms with Gasteiger partial charge in [-0.3, -0.25) is 9.59 Å². The van der Waals surface area contributed by atoms with E-state index in [1.54, 1.807) is 30.3 Å². The van der Waals surface area contributed by atoms with Gasteiger partial charge in [-0.1, -0.05) is 47.5 Å². The van der Waals surface area contributed by atoms with Crippen LogP contribution in [0.15, 0.2) is 72.3 Å². The van der Waals surface area contributed by atoms with Gasteiger partial charge >= 0.3 is 5.97 Å². The number of nitrogens with zero attached hydrogens (tertiary/aromatic N) is 1. The lowest BCUT2D eigenvalue weighted by Crippen LogP contribution is -2.20. The monoisotopic (exact) mass is 467 g/mol. The number of esters is 1. The highest BCUT2D eigenvalue weighted by molar-refractivity contribution is 6.10. The van der Waals surface area contributed by atoms with Crippen molar-refractivity contribution in [2.75, 3.05) is 17.2 Å². The molecule has 0 aliphatic carbocycles.